The van der Waals surface area contributed by atoms with Gasteiger partial charge >= 0.3 is 0 Å². The monoisotopic (exact) mass is 185 g/mol. The van der Waals surface area contributed by atoms with Crippen LogP contribution >= 0.6 is 0 Å². The molecule has 0 amide bonds. The molecule has 0 heterocycles. The van der Waals surface area contributed by atoms with Crippen molar-refractivity contribution in [2.24, 2.45) is 4.99 Å². The Labute approximate surface area is 85.5 Å². The van der Waals surface area contributed by atoms with Gasteiger partial charge in [-0.05, 0) is 12.5 Å². The molecule has 1 aromatic rings. The molecule has 1 rings (SSSR count). The lowest BCUT2D eigenvalue weighted by atomic mass is 10.0. The van der Waals surface area contributed by atoms with Gasteiger partial charge in [-0.3, -0.25) is 4.99 Å². The van der Waals surface area contributed by atoms with Crippen LogP contribution in [-0.2, 0) is 0 Å². The minimum atomic E-state index is 1.02. The Morgan fingerprint density at radius 2 is 1.93 bits per heavy atom. The molecule has 0 fully saturated rings. The van der Waals surface area contributed by atoms with Gasteiger partial charge < -0.3 is 0 Å². The molecule has 0 aliphatic carbocycles. The van der Waals surface area contributed by atoms with Crippen molar-refractivity contribution in [2.45, 2.75) is 6.92 Å². The minimum absolute atomic E-state index is 1.02. The van der Waals surface area contributed by atoms with Gasteiger partial charge in [-0.1, -0.05) is 49.1 Å². The lowest BCUT2D eigenvalue weighted by Crippen LogP contribution is -1.96. The van der Waals surface area contributed by atoms with Crippen molar-refractivity contribution < 1.29 is 0 Å². The molecule has 0 radical (unpaired) electrons. The highest BCUT2D eigenvalue weighted by Crippen LogP contribution is 2.15. The first-order chi connectivity index (χ1) is 6.79. The van der Waals surface area contributed by atoms with Gasteiger partial charge in [0, 0.05) is 18.3 Å². The van der Waals surface area contributed by atoms with Crippen LogP contribution in [0.5, 0.6) is 0 Å². The van der Waals surface area contributed by atoms with Crippen LogP contribution in [0.2, 0.25) is 0 Å². The summed E-state index contributed by atoms with van der Waals surface area (Å²) in [5.74, 6) is 0. The molecule has 0 saturated carbocycles. The van der Waals surface area contributed by atoms with Crippen LogP contribution in [0, 0.1) is 0 Å². The third kappa shape index (κ3) is 2.43. The highest BCUT2D eigenvalue weighted by Gasteiger charge is 2.01. The molecule has 0 spiro atoms. The summed E-state index contributed by atoms with van der Waals surface area (Å²) in [6.07, 6.45) is 3.77. The van der Waals surface area contributed by atoms with Gasteiger partial charge in [0.2, 0.25) is 0 Å². The summed E-state index contributed by atoms with van der Waals surface area (Å²) in [6, 6.07) is 10.2. The summed E-state index contributed by atoms with van der Waals surface area (Å²) in [5, 5.41) is 0. The standard InChI is InChI=1S/C13H15N/c1-4-8-13(11(2)14-3)12-9-6-5-7-10-12/h4-10H,1H2,2-3H3/b13-8+,14-11?. The van der Waals surface area contributed by atoms with E-state index in [9.17, 15) is 0 Å². The first-order valence-corrected chi connectivity index (χ1v) is 4.61. The van der Waals surface area contributed by atoms with Crippen molar-refractivity contribution in [1.29, 1.82) is 0 Å². The van der Waals surface area contributed by atoms with Crippen molar-refractivity contribution >= 4 is 11.3 Å². The predicted octanol–water partition coefficient (Wildman–Crippen LogP) is 3.35. The smallest absolute Gasteiger partial charge is 0.0392 e. The zero-order valence-electron chi connectivity index (χ0n) is 8.70. The second-order valence-corrected chi connectivity index (χ2v) is 2.99. The molecule has 0 aliphatic rings. The van der Waals surface area contributed by atoms with E-state index in [1.807, 2.05) is 31.2 Å². The highest BCUT2D eigenvalue weighted by molar-refractivity contribution is 6.22. The van der Waals surface area contributed by atoms with Crippen molar-refractivity contribution in [3.63, 3.8) is 0 Å². The fourth-order valence-corrected chi connectivity index (χ4v) is 1.28. The summed E-state index contributed by atoms with van der Waals surface area (Å²) in [7, 11) is 1.80. The van der Waals surface area contributed by atoms with Gasteiger partial charge in [-0.25, -0.2) is 0 Å². The Kier molecular flexibility index (Phi) is 3.86. The van der Waals surface area contributed by atoms with Crippen LogP contribution in [0.25, 0.3) is 5.57 Å². The van der Waals surface area contributed by atoms with Gasteiger partial charge in [-0.2, -0.15) is 0 Å². The van der Waals surface area contributed by atoms with E-state index >= 15 is 0 Å². The van der Waals surface area contributed by atoms with E-state index in [1.54, 1.807) is 13.1 Å². The lowest BCUT2D eigenvalue weighted by molar-refractivity contribution is 1.43. The molecule has 0 bridgehead atoms. The van der Waals surface area contributed by atoms with E-state index < -0.39 is 0 Å². The summed E-state index contributed by atoms with van der Waals surface area (Å²) in [4.78, 5) is 4.18. The molecule has 1 heteroatoms. The molecule has 0 unspecified atom stereocenters. The van der Waals surface area contributed by atoms with Crippen LogP contribution in [0.1, 0.15) is 12.5 Å². The Morgan fingerprint density at radius 1 is 1.29 bits per heavy atom. The van der Waals surface area contributed by atoms with Gasteiger partial charge in [-0.15, -0.1) is 0 Å². The minimum Gasteiger partial charge on any atom is -0.293 e. The maximum atomic E-state index is 4.18. The van der Waals surface area contributed by atoms with E-state index in [2.05, 4.69) is 23.7 Å². The zero-order chi connectivity index (χ0) is 10.4. The number of aliphatic imine (C=N–C) groups is 1. The molecule has 14 heavy (non-hydrogen) atoms. The van der Waals surface area contributed by atoms with Crippen molar-refractivity contribution in [1.82, 2.24) is 0 Å². The molecule has 0 saturated heterocycles. The van der Waals surface area contributed by atoms with E-state index in [-0.39, 0.29) is 0 Å². The van der Waals surface area contributed by atoms with E-state index in [4.69, 9.17) is 0 Å². The van der Waals surface area contributed by atoms with Crippen molar-refractivity contribution in [2.75, 3.05) is 7.05 Å². The van der Waals surface area contributed by atoms with Crippen LogP contribution in [0.4, 0.5) is 0 Å². The maximum absolute atomic E-state index is 4.18. The quantitative estimate of drug-likeness (QED) is 0.506. The fourth-order valence-electron chi connectivity index (χ4n) is 1.28. The first kappa shape index (κ1) is 10.5. The molecular formula is C13H15N. The third-order valence-corrected chi connectivity index (χ3v) is 2.09. The summed E-state index contributed by atoms with van der Waals surface area (Å²) in [6.45, 7) is 5.71. The van der Waals surface area contributed by atoms with Crippen LogP contribution < -0.4 is 0 Å². The Morgan fingerprint density at radius 3 is 2.43 bits per heavy atom. The average Bonchev–Trinajstić information content (AvgIpc) is 2.26. The van der Waals surface area contributed by atoms with Crippen molar-refractivity contribution in [3.05, 3.63) is 54.6 Å². The first-order valence-electron chi connectivity index (χ1n) is 4.61. The number of hydrogen-bond donors (Lipinski definition) is 0. The average molecular weight is 185 g/mol. The summed E-state index contributed by atoms with van der Waals surface area (Å²) in [5.41, 5.74) is 3.33. The number of nitrogens with zero attached hydrogens (tertiary/aromatic N) is 1. The second kappa shape index (κ2) is 5.18. The normalized spacial score (nSPS) is 12.7. The molecule has 72 valence electrons. The van der Waals surface area contributed by atoms with Gasteiger partial charge in [0.1, 0.15) is 0 Å². The van der Waals surface area contributed by atoms with Crippen LogP contribution in [0.3, 0.4) is 0 Å². The van der Waals surface area contributed by atoms with Gasteiger partial charge in [0.15, 0.2) is 0 Å². The number of allylic oxidation sites excluding steroid dienone is 3. The molecule has 0 aromatic heterocycles. The van der Waals surface area contributed by atoms with E-state index in [0.717, 1.165) is 11.3 Å². The summed E-state index contributed by atoms with van der Waals surface area (Å²) >= 11 is 0. The zero-order valence-corrected chi connectivity index (χ0v) is 8.70. The van der Waals surface area contributed by atoms with Crippen molar-refractivity contribution in [3.8, 4) is 0 Å². The lowest BCUT2D eigenvalue weighted by Gasteiger charge is -2.05. The maximum Gasteiger partial charge on any atom is 0.0392 e. The Bertz CT molecular complexity index is 358. The topological polar surface area (TPSA) is 12.4 Å². The van der Waals surface area contributed by atoms with Crippen LogP contribution in [-0.4, -0.2) is 12.8 Å². The molecule has 0 aliphatic heterocycles. The van der Waals surface area contributed by atoms with E-state index in [0.29, 0.717) is 0 Å². The van der Waals surface area contributed by atoms with Crippen LogP contribution in [0.15, 0.2) is 54.1 Å². The Balaban J connectivity index is 3.14. The highest BCUT2D eigenvalue weighted by atomic mass is 14.7. The SMILES string of the molecule is C=C/C=C(\C(C)=NC)c1ccccc1. The Hall–Kier alpha value is -1.63. The number of rotatable bonds is 3. The fraction of sp³-hybridized carbons (Fsp3) is 0.154. The summed E-state index contributed by atoms with van der Waals surface area (Å²) < 4.78 is 0. The molecular weight excluding hydrogens is 170 g/mol. The number of benzene rings is 1. The molecule has 0 atom stereocenters. The number of hydrogen-bond acceptors (Lipinski definition) is 1. The van der Waals surface area contributed by atoms with Gasteiger partial charge in [0.25, 0.3) is 0 Å². The largest absolute Gasteiger partial charge is 0.293 e. The van der Waals surface area contributed by atoms with E-state index in [1.165, 1.54) is 5.56 Å². The predicted molar refractivity (Wildman–Crippen MR) is 63.6 cm³/mol. The molecule has 1 nitrogen and oxygen atoms in total. The second-order valence-electron chi connectivity index (χ2n) is 2.99. The molecule has 0 N–H and O–H groups in total. The molecule has 1 aromatic carbocycles. The third-order valence-electron chi connectivity index (χ3n) is 2.09. The van der Waals surface area contributed by atoms with Gasteiger partial charge in [0.05, 0.1) is 0 Å².